The van der Waals surface area contributed by atoms with Crippen molar-refractivity contribution in [2.75, 3.05) is 20.1 Å². The van der Waals surface area contributed by atoms with Crippen LogP contribution in [0.4, 0.5) is 0 Å². The molecule has 0 bridgehead atoms. The highest BCUT2D eigenvalue weighted by molar-refractivity contribution is 5.92. The number of aromatic nitrogens is 1. The maximum absolute atomic E-state index is 11.3. The Hall–Kier alpha value is -2.07. The predicted molar refractivity (Wildman–Crippen MR) is 85.7 cm³/mol. The second kappa shape index (κ2) is 6.59. The molecule has 2 rings (SSSR count). The van der Waals surface area contributed by atoms with E-state index in [0.717, 1.165) is 36.1 Å². The lowest BCUT2D eigenvalue weighted by atomic mass is 10.1. The number of likely N-dealkylation sites (N-methyl/N-ethyl adjacent to an activating group) is 1. The molecule has 1 heterocycles. The summed E-state index contributed by atoms with van der Waals surface area (Å²) in [4.78, 5) is 16.8. The Morgan fingerprint density at radius 3 is 2.90 bits per heavy atom. The topological polar surface area (TPSA) is 45.3 Å². The average molecular weight is 286 g/mol. The maximum Gasteiger partial charge on any atom is 0.308 e. The van der Waals surface area contributed by atoms with Crippen molar-refractivity contribution < 1.29 is 9.53 Å². The van der Waals surface area contributed by atoms with Crippen LogP contribution in [0.1, 0.15) is 18.2 Å². The Bertz CT molecular complexity index is 658. The van der Waals surface area contributed by atoms with Gasteiger partial charge in [0.2, 0.25) is 0 Å². The number of ether oxygens (including phenoxy) is 1. The first-order chi connectivity index (χ1) is 10.0. The Kier molecular flexibility index (Phi) is 4.81. The second-order valence-corrected chi connectivity index (χ2v) is 5.30. The van der Waals surface area contributed by atoms with Gasteiger partial charge in [0.15, 0.2) is 0 Å². The average Bonchev–Trinajstić information content (AvgIpc) is 2.73. The number of hydrogen-bond donors (Lipinski definition) is 1. The van der Waals surface area contributed by atoms with E-state index in [9.17, 15) is 4.79 Å². The summed E-state index contributed by atoms with van der Waals surface area (Å²) in [6.07, 6.45) is 2.79. The minimum atomic E-state index is -0.295. The van der Waals surface area contributed by atoms with Gasteiger partial charge in [0.05, 0.1) is 0 Å². The lowest BCUT2D eigenvalue weighted by molar-refractivity contribution is -0.131. The van der Waals surface area contributed by atoms with Crippen molar-refractivity contribution in [1.29, 1.82) is 0 Å². The molecule has 1 aromatic carbocycles. The van der Waals surface area contributed by atoms with Gasteiger partial charge in [-0.05, 0) is 38.1 Å². The van der Waals surface area contributed by atoms with Crippen molar-refractivity contribution in [3.63, 3.8) is 0 Å². The predicted octanol–water partition coefficient (Wildman–Crippen LogP) is 3.06. The number of H-pyrrole nitrogens is 1. The molecule has 1 N–H and O–H groups in total. The SMILES string of the molecule is C=CCN(C)CCc1c(C)[nH]c2cccc(OC(C)=O)c12. The van der Waals surface area contributed by atoms with E-state index in [4.69, 9.17) is 4.74 Å². The number of carbonyl (C=O) groups excluding carboxylic acids is 1. The Morgan fingerprint density at radius 1 is 1.48 bits per heavy atom. The highest BCUT2D eigenvalue weighted by Crippen LogP contribution is 2.31. The number of fused-ring (bicyclic) bond motifs is 1. The van der Waals surface area contributed by atoms with Crippen molar-refractivity contribution in [3.8, 4) is 5.75 Å². The molecule has 0 spiro atoms. The molecule has 0 fully saturated rings. The van der Waals surface area contributed by atoms with Crippen LogP contribution in [0.25, 0.3) is 10.9 Å². The van der Waals surface area contributed by atoms with Gasteiger partial charge in [0, 0.05) is 36.6 Å². The van der Waals surface area contributed by atoms with Crippen molar-refractivity contribution in [2.45, 2.75) is 20.3 Å². The zero-order valence-electron chi connectivity index (χ0n) is 12.9. The number of rotatable bonds is 6. The number of aryl methyl sites for hydroxylation is 1. The number of nitrogens with one attached hydrogen (secondary N) is 1. The second-order valence-electron chi connectivity index (χ2n) is 5.30. The van der Waals surface area contributed by atoms with E-state index < -0.39 is 0 Å². The highest BCUT2D eigenvalue weighted by Gasteiger charge is 2.14. The van der Waals surface area contributed by atoms with E-state index >= 15 is 0 Å². The minimum Gasteiger partial charge on any atom is -0.426 e. The summed E-state index contributed by atoms with van der Waals surface area (Å²) in [5, 5.41) is 1.01. The van der Waals surface area contributed by atoms with Gasteiger partial charge in [-0.25, -0.2) is 0 Å². The fourth-order valence-electron chi connectivity index (χ4n) is 2.58. The summed E-state index contributed by atoms with van der Waals surface area (Å²) in [5.41, 5.74) is 3.34. The van der Waals surface area contributed by atoms with Gasteiger partial charge < -0.3 is 14.6 Å². The van der Waals surface area contributed by atoms with E-state index in [0.29, 0.717) is 5.75 Å². The normalized spacial score (nSPS) is 11.0. The number of carbonyl (C=O) groups is 1. The summed E-state index contributed by atoms with van der Waals surface area (Å²) < 4.78 is 5.35. The molecule has 2 aromatic rings. The molecule has 0 radical (unpaired) electrons. The van der Waals surface area contributed by atoms with Crippen LogP contribution in [0.5, 0.6) is 5.75 Å². The summed E-state index contributed by atoms with van der Waals surface area (Å²) in [7, 11) is 2.07. The van der Waals surface area contributed by atoms with Gasteiger partial charge in [0.25, 0.3) is 0 Å². The molecule has 0 aliphatic rings. The fourth-order valence-corrected chi connectivity index (χ4v) is 2.58. The number of nitrogens with zero attached hydrogens (tertiary/aromatic N) is 1. The number of benzene rings is 1. The smallest absolute Gasteiger partial charge is 0.308 e. The third-order valence-corrected chi connectivity index (χ3v) is 3.54. The lowest BCUT2D eigenvalue weighted by Gasteiger charge is -2.14. The molecule has 0 aliphatic carbocycles. The van der Waals surface area contributed by atoms with Crippen LogP contribution in [0.3, 0.4) is 0 Å². The third kappa shape index (κ3) is 3.52. The van der Waals surface area contributed by atoms with Gasteiger partial charge >= 0.3 is 5.97 Å². The van der Waals surface area contributed by atoms with E-state index in [1.165, 1.54) is 12.5 Å². The molecule has 0 saturated heterocycles. The van der Waals surface area contributed by atoms with Crippen LogP contribution in [-0.4, -0.2) is 36.0 Å². The summed E-state index contributed by atoms with van der Waals surface area (Å²) in [5.74, 6) is 0.335. The van der Waals surface area contributed by atoms with Gasteiger partial charge in [0.1, 0.15) is 5.75 Å². The zero-order valence-corrected chi connectivity index (χ0v) is 12.9. The molecular formula is C17H22N2O2. The first-order valence-electron chi connectivity index (χ1n) is 7.11. The first kappa shape index (κ1) is 15.3. The summed E-state index contributed by atoms with van der Waals surface area (Å²) >= 11 is 0. The first-order valence-corrected chi connectivity index (χ1v) is 7.11. The molecule has 112 valence electrons. The van der Waals surface area contributed by atoms with Crippen LogP contribution < -0.4 is 4.74 Å². The molecule has 0 atom stereocenters. The molecule has 0 unspecified atom stereocenters. The third-order valence-electron chi connectivity index (χ3n) is 3.54. The molecule has 1 aromatic heterocycles. The van der Waals surface area contributed by atoms with E-state index in [1.807, 2.05) is 24.3 Å². The summed E-state index contributed by atoms with van der Waals surface area (Å²) in [6.45, 7) is 9.02. The molecule has 21 heavy (non-hydrogen) atoms. The largest absolute Gasteiger partial charge is 0.426 e. The van der Waals surface area contributed by atoms with Crippen LogP contribution in [0, 0.1) is 6.92 Å². The van der Waals surface area contributed by atoms with Gasteiger partial charge in [-0.1, -0.05) is 12.1 Å². The molecule has 0 amide bonds. The Morgan fingerprint density at radius 2 is 2.24 bits per heavy atom. The molecule has 0 saturated carbocycles. The van der Waals surface area contributed by atoms with Crippen LogP contribution in [-0.2, 0) is 11.2 Å². The van der Waals surface area contributed by atoms with Crippen molar-refractivity contribution >= 4 is 16.9 Å². The molecule has 4 nitrogen and oxygen atoms in total. The number of aromatic amines is 1. The number of hydrogen-bond acceptors (Lipinski definition) is 3. The van der Waals surface area contributed by atoms with E-state index in [2.05, 4.69) is 30.4 Å². The number of esters is 1. The molecule has 4 heteroatoms. The standard InChI is InChI=1S/C17H22N2O2/c1-5-10-19(4)11-9-14-12(2)18-15-7-6-8-16(17(14)15)21-13(3)20/h5-8,18H,1,9-11H2,2-4H3. The van der Waals surface area contributed by atoms with Crippen molar-refractivity contribution in [2.24, 2.45) is 0 Å². The maximum atomic E-state index is 11.3. The minimum absolute atomic E-state index is 0.295. The quantitative estimate of drug-likeness (QED) is 0.504. The summed E-state index contributed by atoms with van der Waals surface area (Å²) in [6, 6.07) is 5.74. The van der Waals surface area contributed by atoms with Crippen molar-refractivity contribution in [3.05, 3.63) is 42.1 Å². The van der Waals surface area contributed by atoms with Gasteiger partial charge in [-0.15, -0.1) is 6.58 Å². The molecular weight excluding hydrogens is 264 g/mol. The highest BCUT2D eigenvalue weighted by atomic mass is 16.5. The van der Waals surface area contributed by atoms with E-state index in [-0.39, 0.29) is 5.97 Å². The zero-order chi connectivity index (χ0) is 15.4. The fraction of sp³-hybridized carbons (Fsp3) is 0.353. The molecule has 0 aliphatic heterocycles. The van der Waals surface area contributed by atoms with Crippen LogP contribution in [0.15, 0.2) is 30.9 Å². The van der Waals surface area contributed by atoms with Crippen LogP contribution in [0.2, 0.25) is 0 Å². The monoisotopic (exact) mass is 286 g/mol. The lowest BCUT2D eigenvalue weighted by Crippen LogP contribution is -2.21. The Balaban J connectivity index is 2.35. The van der Waals surface area contributed by atoms with E-state index in [1.54, 1.807) is 0 Å². The van der Waals surface area contributed by atoms with Crippen LogP contribution >= 0.6 is 0 Å². The van der Waals surface area contributed by atoms with Gasteiger partial charge in [-0.3, -0.25) is 4.79 Å². The van der Waals surface area contributed by atoms with Crippen molar-refractivity contribution in [1.82, 2.24) is 9.88 Å². The Labute approximate surface area is 125 Å². The van der Waals surface area contributed by atoms with Gasteiger partial charge in [-0.2, -0.15) is 0 Å².